The number of amides is 1. The first-order chi connectivity index (χ1) is 15.3. The van der Waals surface area contributed by atoms with Crippen LogP contribution in [0.1, 0.15) is 37.7 Å². The fourth-order valence-electron chi connectivity index (χ4n) is 4.07. The predicted octanol–water partition coefficient (Wildman–Crippen LogP) is 6.75. The van der Waals surface area contributed by atoms with Gasteiger partial charge in [0.2, 0.25) is 5.13 Å². The van der Waals surface area contributed by atoms with E-state index in [0.717, 1.165) is 39.7 Å². The van der Waals surface area contributed by atoms with Crippen molar-refractivity contribution in [1.29, 1.82) is 0 Å². The zero-order valence-electron chi connectivity index (χ0n) is 17.1. The van der Waals surface area contributed by atoms with Crippen LogP contribution in [0.4, 0.5) is 5.13 Å². The molecule has 0 spiro atoms. The molecule has 0 radical (unpaired) electrons. The number of hydrogen-bond acceptors (Lipinski definition) is 5. The van der Waals surface area contributed by atoms with Gasteiger partial charge in [-0.25, -0.2) is 4.98 Å². The molecule has 2 fully saturated rings. The molecule has 0 bridgehead atoms. The molecule has 1 saturated carbocycles. The summed E-state index contributed by atoms with van der Waals surface area (Å²) >= 11 is 2.99. The van der Waals surface area contributed by atoms with Gasteiger partial charge in [-0.05, 0) is 36.2 Å². The highest BCUT2D eigenvalue weighted by Gasteiger charge is 2.38. The van der Waals surface area contributed by atoms with E-state index in [4.69, 9.17) is 9.98 Å². The molecule has 1 aliphatic carbocycles. The Hall–Kier alpha value is -2.70. The summed E-state index contributed by atoms with van der Waals surface area (Å²) in [7, 11) is 0. The molecule has 2 aliphatic rings. The lowest BCUT2D eigenvalue weighted by Crippen LogP contribution is -2.40. The Balaban J connectivity index is 1.48. The lowest BCUT2D eigenvalue weighted by Gasteiger charge is -2.30. The average Bonchev–Trinajstić information content (AvgIpc) is 3.40. The van der Waals surface area contributed by atoms with E-state index in [1.807, 2.05) is 64.9 Å². The van der Waals surface area contributed by atoms with Crippen LogP contribution in [-0.2, 0) is 4.79 Å². The van der Waals surface area contributed by atoms with Gasteiger partial charge >= 0.3 is 0 Å². The van der Waals surface area contributed by atoms with E-state index in [0.29, 0.717) is 5.13 Å². The second kappa shape index (κ2) is 9.20. The second-order valence-corrected chi connectivity index (χ2v) is 9.61. The van der Waals surface area contributed by atoms with Gasteiger partial charge in [-0.3, -0.25) is 9.69 Å². The summed E-state index contributed by atoms with van der Waals surface area (Å²) in [6.07, 6.45) is 7.63. The highest BCUT2D eigenvalue weighted by atomic mass is 32.2. The molecule has 0 unspecified atom stereocenters. The zero-order valence-corrected chi connectivity index (χ0v) is 18.7. The van der Waals surface area contributed by atoms with E-state index in [1.165, 1.54) is 42.4 Å². The molecule has 6 heteroatoms. The predicted molar refractivity (Wildman–Crippen MR) is 130 cm³/mol. The topological polar surface area (TPSA) is 45.6 Å². The molecule has 1 saturated heterocycles. The molecular formula is C25H23N3OS2. The van der Waals surface area contributed by atoms with Crippen molar-refractivity contribution in [2.75, 3.05) is 0 Å². The largest absolute Gasteiger partial charge is 0.283 e. The first-order valence-electron chi connectivity index (χ1n) is 10.7. The molecule has 1 aliphatic heterocycles. The average molecular weight is 446 g/mol. The molecule has 3 aromatic rings. The van der Waals surface area contributed by atoms with Gasteiger partial charge in [0.05, 0.1) is 10.6 Å². The Morgan fingerprint density at radius 1 is 0.968 bits per heavy atom. The number of aromatic nitrogens is 1. The van der Waals surface area contributed by atoms with Crippen molar-refractivity contribution in [3.63, 3.8) is 0 Å². The van der Waals surface area contributed by atoms with Gasteiger partial charge in [0.25, 0.3) is 5.91 Å². The number of benzene rings is 2. The molecule has 2 aromatic carbocycles. The van der Waals surface area contributed by atoms with Crippen LogP contribution in [0.2, 0.25) is 0 Å². The van der Waals surface area contributed by atoms with Crippen LogP contribution in [0, 0.1) is 0 Å². The Morgan fingerprint density at radius 2 is 1.68 bits per heavy atom. The third kappa shape index (κ3) is 4.50. The molecule has 4 nitrogen and oxygen atoms in total. The third-order valence-electron chi connectivity index (χ3n) is 5.63. The van der Waals surface area contributed by atoms with Gasteiger partial charge in [0, 0.05) is 17.0 Å². The molecule has 5 rings (SSSR count). The first kappa shape index (κ1) is 20.2. The van der Waals surface area contributed by atoms with Crippen LogP contribution in [0.25, 0.3) is 17.3 Å². The summed E-state index contributed by atoms with van der Waals surface area (Å²) in [5.74, 6) is 0.0688. The Bertz CT molecular complexity index is 1120. The Kier molecular flexibility index (Phi) is 6.00. The highest BCUT2D eigenvalue weighted by molar-refractivity contribution is 8.18. The number of nitrogens with zero attached hydrogens (tertiary/aromatic N) is 3. The number of hydrogen-bond donors (Lipinski definition) is 0. The smallest absolute Gasteiger partial charge is 0.267 e. The minimum Gasteiger partial charge on any atom is -0.283 e. The van der Waals surface area contributed by atoms with Gasteiger partial charge in [0.15, 0.2) is 5.17 Å². The van der Waals surface area contributed by atoms with Gasteiger partial charge in [0.1, 0.15) is 0 Å². The molecular weight excluding hydrogens is 422 g/mol. The third-order valence-corrected chi connectivity index (χ3v) is 7.34. The molecule has 2 heterocycles. The number of carbonyl (C=O) groups is 1. The van der Waals surface area contributed by atoms with Crippen LogP contribution in [-0.4, -0.2) is 27.0 Å². The standard InChI is InChI=1S/C25H23N3OS2/c29-23-22(16-18-10-4-1-5-11-18)31-25(28(23)20-14-8-3-9-15-20)27-24-26-21(17-30-24)19-12-6-2-7-13-19/h1-2,4-7,10-13,16-17,20H,3,8-9,14-15H2/b22-16-,27-25+. The van der Waals surface area contributed by atoms with Crippen molar-refractivity contribution in [3.05, 3.63) is 76.5 Å². The van der Waals surface area contributed by atoms with E-state index in [2.05, 4.69) is 12.1 Å². The summed E-state index contributed by atoms with van der Waals surface area (Å²) in [6, 6.07) is 20.4. The SMILES string of the molecule is O=C1/C(=C/c2ccccc2)S/C(=N/c2nc(-c3ccccc3)cs2)N1C1CCCCC1. The molecule has 0 N–H and O–H groups in total. The van der Waals surface area contributed by atoms with E-state index in [1.54, 1.807) is 0 Å². The summed E-state index contributed by atoms with van der Waals surface area (Å²) in [6.45, 7) is 0. The minimum absolute atomic E-state index is 0.0688. The molecule has 156 valence electrons. The van der Waals surface area contributed by atoms with Crippen molar-refractivity contribution in [2.24, 2.45) is 4.99 Å². The second-order valence-electron chi connectivity index (χ2n) is 7.76. The summed E-state index contributed by atoms with van der Waals surface area (Å²) in [5.41, 5.74) is 3.03. The van der Waals surface area contributed by atoms with Crippen LogP contribution >= 0.6 is 23.1 Å². The Labute approximate surface area is 190 Å². The van der Waals surface area contributed by atoms with E-state index in [9.17, 15) is 4.79 Å². The lowest BCUT2D eigenvalue weighted by atomic mass is 9.94. The van der Waals surface area contributed by atoms with Gasteiger partial charge in [-0.15, -0.1) is 11.3 Å². The van der Waals surface area contributed by atoms with Gasteiger partial charge in [-0.2, -0.15) is 4.99 Å². The monoisotopic (exact) mass is 445 g/mol. The maximum absolute atomic E-state index is 13.4. The zero-order chi connectivity index (χ0) is 21.0. The maximum Gasteiger partial charge on any atom is 0.267 e. The summed E-state index contributed by atoms with van der Waals surface area (Å²) < 4.78 is 0. The number of carbonyl (C=O) groups excluding carboxylic acids is 1. The van der Waals surface area contributed by atoms with E-state index in [-0.39, 0.29) is 11.9 Å². The van der Waals surface area contributed by atoms with Crippen molar-refractivity contribution in [2.45, 2.75) is 38.1 Å². The number of thioether (sulfide) groups is 1. The maximum atomic E-state index is 13.4. The van der Waals surface area contributed by atoms with Crippen LogP contribution in [0.5, 0.6) is 0 Å². The summed E-state index contributed by atoms with van der Waals surface area (Å²) in [4.78, 5) is 25.6. The van der Waals surface area contributed by atoms with Gasteiger partial charge in [-0.1, -0.05) is 79.9 Å². The molecule has 31 heavy (non-hydrogen) atoms. The number of rotatable bonds is 4. The normalized spacial score (nSPS) is 20.1. The molecule has 1 aromatic heterocycles. The van der Waals surface area contributed by atoms with Crippen LogP contribution < -0.4 is 0 Å². The van der Waals surface area contributed by atoms with Crippen molar-refractivity contribution < 1.29 is 4.79 Å². The lowest BCUT2D eigenvalue weighted by molar-refractivity contribution is -0.124. The summed E-state index contributed by atoms with van der Waals surface area (Å²) in [5, 5.41) is 3.48. The van der Waals surface area contributed by atoms with Crippen molar-refractivity contribution in [3.8, 4) is 11.3 Å². The number of amidine groups is 1. The number of aliphatic imine (C=N–C) groups is 1. The van der Waals surface area contributed by atoms with Gasteiger partial charge < -0.3 is 0 Å². The highest BCUT2D eigenvalue weighted by Crippen LogP contribution is 2.39. The molecule has 0 atom stereocenters. The number of thiazole rings is 1. The van der Waals surface area contributed by atoms with E-state index >= 15 is 0 Å². The van der Waals surface area contributed by atoms with Crippen molar-refractivity contribution >= 4 is 45.4 Å². The van der Waals surface area contributed by atoms with Crippen LogP contribution in [0.15, 0.2) is 75.9 Å². The van der Waals surface area contributed by atoms with E-state index < -0.39 is 0 Å². The molecule has 1 amide bonds. The van der Waals surface area contributed by atoms with Crippen LogP contribution in [0.3, 0.4) is 0 Å². The first-order valence-corrected chi connectivity index (χ1v) is 12.4. The fraction of sp³-hybridized carbons (Fsp3) is 0.240. The quantitative estimate of drug-likeness (QED) is 0.417. The fourth-order valence-corrected chi connectivity index (χ4v) is 5.86. The van der Waals surface area contributed by atoms with Crippen molar-refractivity contribution in [1.82, 2.24) is 9.88 Å². The minimum atomic E-state index is 0.0688. The Morgan fingerprint density at radius 3 is 2.42 bits per heavy atom.